The maximum absolute atomic E-state index is 12.6. The van der Waals surface area contributed by atoms with Crippen molar-refractivity contribution >= 4 is 11.9 Å². The number of amides is 1. The topological polar surface area (TPSA) is 95.9 Å². The van der Waals surface area contributed by atoms with Gasteiger partial charge in [-0.05, 0) is 25.7 Å². The number of aliphatic hydroxyl groups excluding tert-OH is 2. The van der Waals surface area contributed by atoms with Crippen molar-refractivity contribution in [2.75, 3.05) is 13.2 Å². The van der Waals surface area contributed by atoms with Crippen molar-refractivity contribution in [2.45, 2.75) is 508 Å². The number of ether oxygens (including phenoxy) is 1. The molecule has 0 heterocycles. The zero-order chi connectivity index (χ0) is 64.2. The van der Waals surface area contributed by atoms with Gasteiger partial charge in [-0.3, -0.25) is 9.59 Å². The van der Waals surface area contributed by atoms with Crippen LogP contribution in [0.5, 0.6) is 0 Å². The molecule has 0 aromatic rings. The van der Waals surface area contributed by atoms with Gasteiger partial charge in [0.05, 0.1) is 25.4 Å². The second-order valence-corrected chi connectivity index (χ2v) is 29.2. The second kappa shape index (κ2) is 79.3. The first-order valence-electron chi connectivity index (χ1n) is 41.8. The van der Waals surface area contributed by atoms with Crippen molar-refractivity contribution in [2.24, 2.45) is 0 Å². The van der Waals surface area contributed by atoms with Crippen LogP contribution in [-0.4, -0.2) is 47.4 Å². The van der Waals surface area contributed by atoms with Gasteiger partial charge in [-0.2, -0.15) is 0 Å². The quantitative estimate of drug-likeness (QED) is 0.0417. The first kappa shape index (κ1) is 87.9. The standard InChI is InChI=1S/C83H165NO5/c1-3-5-7-9-11-13-15-17-19-21-41-44-47-51-55-59-63-67-71-75-81(86)80(79-85)84-82(87)76-72-68-64-60-56-52-48-45-42-39-37-35-33-31-29-27-25-23-22-24-26-28-30-32-34-36-38-40-43-46-50-54-58-62-66-70-74-78-89-83(88)77-73-69-65-61-57-53-49-20-18-16-14-12-10-8-6-4-2/h80-81,85-86H,3-79H2,1-2H3,(H,84,87). The number of hydrogen-bond acceptors (Lipinski definition) is 5. The van der Waals surface area contributed by atoms with Crippen LogP contribution in [0, 0.1) is 0 Å². The molecule has 0 bridgehead atoms. The van der Waals surface area contributed by atoms with Crippen LogP contribution < -0.4 is 5.32 Å². The maximum Gasteiger partial charge on any atom is 0.305 e. The molecule has 0 fully saturated rings. The molecule has 0 aromatic heterocycles. The van der Waals surface area contributed by atoms with E-state index in [4.69, 9.17) is 4.74 Å². The van der Waals surface area contributed by atoms with E-state index in [1.54, 1.807) is 0 Å². The number of carbonyl (C=O) groups excluding carboxylic acids is 2. The Morgan fingerprint density at radius 1 is 0.270 bits per heavy atom. The third-order valence-electron chi connectivity index (χ3n) is 20.2. The minimum absolute atomic E-state index is 0.0234. The lowest BCUT2D eigenvalue weighted by Gasteiger charge is -2.22. The van der Waals surface area contributed by atoms with Crippen molar-refractivity contribution in [1.29, 1.82) is 0 Å². The summed E-state index contributed by atoms with van der Waals surface area (Å²) in [5, 5.41) is 23.4. The lowest BCUT2D eigenvalue weighted by Crippen LogP contribution is -2.45. The largest absolute Gasteiger partial charge is 0.466 e. The van der Waals surface area contributed by atoms with Gasteiger partial charge in [-0.25, -0.2) is 0 Å². The molecule has 6 heteroatoms. The van der Waals surface area contributed by atoms with E-state index in [1.165, 1.54) is 424 Å². The zero-order valence-corrected chi connectivity index (χ0v) is 61.2. The minimum Gasteiger partial charge on any atom is -0.466 e. The predicted molar refractivity (Wildman–Crippen MR) is 394 cm³/mol. The summed E-state index contributed by atoms with van der Waals surface area (Å²) in [6.07, 6.45) is 99.4. The lowest BCUT2D eigenvalue weighted by atomic mass is 10.0. The summed E-state index contributed by atoms with van der Waals surface area (Å²) < 4.78 is 5.52. The van der Waals surface area contributed by atoms with Gasteiger partial charge in [0.25, 0.3) is 0 Å². The van der Waals surface area contributed by atoms with Crippen molar-refractivity contribution in [3.8, 4) is 0 Å². The highest BCUT2D eigenvalue weighted by atomic mass is 16.5. The molecule has 2 unspecified atom stereocenters. The Morgan fingerprint density at radius 2 is 0.461 bits per heavy atom. The Bertz CT molecular complexity index is 1310. The van der Waals surface area contributed by atoms with E-state index in [2.05, 4.69) is 19.2 Å². The van der Waals surface area contributed by atoms with Gasteiger partial charge >= 0.3 is 5.97 Å². The minimum atomic E-state index is -0.660. The summed E-state index contributed by atoms with van der Waals surface area (Å²) in [6.45, 7) is 5.02. The molecule has 0 rings (SSSR count). The van der Waals surface area contributed by atoms with E-state index in [-0.39, 0.29) is 18.5 Å². The van der Waals surface area contributed by atoms with E-state index in [9.17, 15) is 19.8 Å². The number of aliphatic hydroxyl groups is 2. The van der Waals surface area contributed by atoms with Gasteiger partial charge in [0, 0.05) is 12.8 Å². The molecule has 0 aliphatic rings. The second-order valence-electron chi connectivity index (χ2n) is 29.2. The van der Waals surface area contributed by atoms with Crippen molar-refractivity contribution in [3.63, 3.8) is 0 Å². The fourth-order valence-corrected chi connectivity index (χ4v) is 13.8. The van der Waals surface area contributed by atoms with E-state index in [0.29, 0.717) is 25.9 Å². The van der Waals surface area contributed by atoms with Crippen molar-refractivity contribution in [1.82, 2.24) is 5.32 Å². The SMILES string of the molecule is CCCCCCCCCCCCCCCCCCCCCC(O)C(CO)NC(=O)CCCCCCCCCCCCCCCCCCCCCCCCCCCCCCCCCCCCCCCOC(=O)CCCCCCCCCCCCCCCCCC. The molecule has 0 aromatic carbocycles. The van der Waals surface area contributed by atoms with Gasteiger partial charge in [0.15, 0.2) is 0 Å². The predicted octanol–water partition coefficient (Wildman–Crippen LogP) is 27.7. The fraction of sp³-hybridized carbons (Fsp3) is 0.976. The van der Waals surface area contributed by atoms with Gasteiger partial charge in [0.2, 0.25) is 5.91 Å². The highest BCUT2D eigenvalue weighted by Crippen LogP contribution is 2.21. The number of hydrogen-bond donors (Lipinski definition) is 3. The molecule has 0 saturated carbocycles. The Kier molecular flexibility index (Phi) is 78.3. The molecule has 0 radical (unpaired) electrons. The zero-order valence-electron chi connectivity index (χ0n) is 61.2. The molecule has 3 N–H and O–H groups in total. The Labute approximate surface area is 559 Å². The molecule has 0 spiro atoms. The molecular formula is C83H165NO5. The number of rotatable bonds is 80. The fourth-order valence-electron chi connectivity index (χ4n) is 13.8. The smallest absolute Gasteiger partial charge is 0.305 e. The Balaban J connectivity index is 3.28. The van der Waals surface area contributed by atoms with Crippen LogP contribution in [0.3, 0.4) is 0 Å². The van der Waals surface area contributed by atoms with Crippen LogP contribution in [0.1, 0.15) is 495 Å². The molecular weight excluding hydrogens is 1090 g/mol. The first-order valence-corrected chi connectivity index (χ1v) is 41.8. The van der Waals surface area contributed by atoms with Crippen LogP contribution >= 0.6 is 0 Å². The molecule has 532 valence electrons. The number of unbranched alkanes of at least 4 members (excludes halogenated alkanes) is 69. The van der Waals surface area contributed by atoms with Crippen LogP contribution in [0.4, 0.5) is 0 Å². The Hall–Kier alpha value is -1.14. The summed E-state index contributed by atoms with van der Waals surface area (Å²) in [5.41, 5.74) is 0. The van der Waals surface area contributed by atoms with Crippen LogP contribution in [0.15, 0.2) is 0 Å². The average Bonchev–Trinajstić information content (AvgIpc) is 3.59. The molecule has 0 aliphatic heterocycles. The maximum atomic E-state index is 12.6. The van der Waals surface area contributed by atoms with Crippen molar-refractivity contribution in [3.05, 3.63) is 0 Å². The van der Waals surface area contributed by atoms with E-state index in [0.717, 1.165) is 38.5 Å². The number of esters is 1. The van der Waals surface area contributed by atoms with Crippen molar-refractivity contribution < 1.29 is 24.5 Å². The first-order chi connectivity index (χ1) is 44.0. The highest BCUT2D eigenvalue weighted by Gasteiger charge is 2.20. The third-order valence-corrected chi connectivity index (χ3v) is 20.2. The average molecular weight is 1260 g/mol. The Morgan fingerprint density at radius 3 is 0.685 bits per heavy atom. The van der Waals surface area contributed by atoms with E-state index >= 15 is 0 Å². The normalized spacial score (nSPS) is 12.4. The molecule has 2 atom stereocenters. The molecule has 0 aliphatic carbocycles. The monoisotopic (exact) mass is 1260 g/mol. The summed E-state index contributed by atoms with van der Waals surface area (Å²) in [4.78, 5) is 24.7. The summed E-state index contributed by atoms with van der Waals surface area (Å²) in [6, 6.07) is -0.537. The lowest BCUT2D eigenvalue weighted by molar-refractivity contribution is -0.143. The number of nitrogens with one attached hydrogen (secondary N) is 1. The molecule has 1 amide bonds. The van der Waals surface area contributed by atoms with Crippen LogP contribution in [0.2, 0.25) is 0 Å². The van der Waals surface area contributed by atoms with Gasteiger partial charge < -0.3 is 20.3 Å². The van der Waals surface area contributed by atoms with E-state index < -0.39 is 12.1 Å². The molecule has 89 heavy (non-hydrogen) atoms. The van der Waals surface area contributed by atoms with Gasteiger partial charge in [0.1, 0.15) is 0 Å². The summed E-state index contributed by atoms with van der Waals surface area (Å²) in [5.74, 6) is 0.00499. The molecule has 6 nitrogen and oxygen atoms in total. The van der Waals surface area contributed by atoms with Crippen LogP contribution in [0.25, 0.3) is 0 Å². The number of carbonyl (C=O) groups is 2. The summed E-state index contributed by atoms with van der Waals surface area (Å²) in [7, 11) is 0. The van der Waals surface area contributed by atoms with Crippen LogP contribution in [-0.2, 0) is 14.3 Å². The molecule has 0 saturated heterocycles. The van der Waals surface area contributed by atoms with Gasteiger partial charge in [-0.1, -0.05) is 457 Å². The summed E-state index contributed by atoms with van der Waals surface area (Å²) >= 11 is 0. The highest BCUT2D eigenvalue weighted by molar-refractivity contribution is 5.76. The van der Waals surface area contributed by atoms with Gasteiger partial charge in [-0.15, -0.1) is 0 Å². The third kappa shape index (κ3) is 75.8. The van der Waals surface area contributed by atoms with E-state index in [1.807, 2.05) is 0 Å².